The molecule has 0 amide bonds. The Bertz CT molecular complexity index is 734. The van der Waals surface area contributed by atoms with Crippen molar-refractivity contribution in [1.29, 1.82) is 5.26 Å². The Balaban J connectivity index is 1.69. The van der Waals surface area contributed by atoms with Gasteiger partial charge in [-0.2, -0.15) is 5.26 Å². The maximum absolute atomic E-state index is 11.9. The quantitative estimate of drug-likeness (QED) is 0.507. The summed E-state index contributed by atoms with van der Waals surface area (Å²) < 4.78 is 21.5. The van der Waals surface area contributed by atoms with Crippen LogP contribution in [-0.4, -0.2) is 31.9 Å². The summed E-state index contributed by atoms with van der Waals surface area (Å²) in [5.74, 6) is 1.47. The van der Waals surface area contributed by atoms with Crippen molar-refractivity contribution in [2.45, 2.75) is 20.0 Å². The van der Waals surface area contributed by atoms with Crippen LogP contribution in [0.1, 0.15) is 19.4 Å². The first-order valence-electron chi connectivity index (χ1n) is 8.31. The molecule has 6 heteroatoms. The first kappa shape index (κ1) is 19.1. The molecule has 136 valence electrons. The van der Waals surface area contributed by atoms with E-state index in [0.29, 0.717) is 23.7 Å². The van der Waals surface area contributed by atoms with Crippen molar-refractivity contribution in [1.82, 2.24) is 0 Å². The van der Waals surface area contributed by atoms with Crippen molar-refractivity contribution in [3.8, 4) is 23.3 Å². The molecule has 0 radical (unpaired) electrons. The van der Waals surface area contributed by atoms with Gasteiger partial charge in [-0.25, -0.2) is 4.79 Å². The van der Waals surface area contributed by atoms with Gasteiger partial charge in [0.25, 0.3) is 0 Å². The average molecular weight is 355 g/mol. The lowest BCUT2D eigenvalue weighted by Gasteiger charge is -2.14. The SMILES string of the molecule is CCOc1ccc(OCCOC(=O)[C@@H](C)Oc2ccc(C#N)cc2)cc1. The van der Waals surface area contributed by atoms with E-state index in [4.69, 9.17) is 24.2 Å². The molecule has 0 heterocycles. The van der Waals surface area contributed by atoms with Crippen molar-refractivity contribution < 1.29 is 23.7 Å². The van der Waals surface area contributed by atoms with E-state index in [9.17, 15) is 4.79 Å². The van der Waals surface area contributed by atoms with Gasteiger partial charge in [0.05, 0.1) is 18.2 Å². The zero-order valence-corrected chi connectivity index (χ0v) is 14.8. The fourth-order valence-corrected chi connectivity index (χ4v) is 2.08. The van der Waals surface area contributed by atoms with Crippen molar-refractivity contribution in [3.05, 3.63) is 54.1 Å². The largest absolute Gasteiger partial charge is 0.494 e. The van der Waals surface area contributed by atoms with Gasteiger partial charge in [0.15, 0.2) is 6.10 Å². The zero-order valence-electron chi connectivity index (χ0n) is 14.8. The summed E-state index contributed by atoms with van der Waals surface area (Å²) in [6.07, 6.45) is -0.756. The molecule has 1 atom stereocenters. The topological polar surface area (TPSA) is 77.8 Å². The molecule has 0 aliphatic heterocycles. The molecule has 0 N–H and O–H groups in total. The van der Waals surface area contributed by atoms with Gasteiger partial charge in [0.1, 0.15) is 30.5 Å². The number of nitriles is 1. The van der Waals surface area contributed by atoms with Crippen LogP contribution < -0.4 is 14.2 Å². The number of rotatable bonds is 9. The lowest BCUT2D eigenvalue weighted by atomic mass is 10.2. The summed E-state index contributed by atoms with van der Waals surface area (Å²) in [6.45, 7) is 4.49. The second-order valence-electron chi connectivity index (χ2n) is 5.32. The minimum absolute atomic E-state index is 0.118. The van der Waals surface area contributed by atoms with Gasteiger partial charge in [-0.3, -0.25) is 0 Å². The van der Waals surface area contributed by atoms with Crippen LogP contribution >= 0.6 is 0 Å². The Morgan fingerprint density at radius 1 is 0.962 bits per heavy atom. The van der Waals surface area contributed by atoms with Gasteiger partial charge >= 0.3 is 5.97 Å². The van der Waals surface area contributed by atoms with E-state index < -0.39 is 12.1 Å². The predicted molar refractivity (Wildman–Crippen MR) is 95.3 cm³/mol. The Morgan fingerprint density at radius 2 is 1.54 bits per heavy atom. The van der Waals surface area contributed by atoms with Gasteiger partial charge < -0.3 is 18.9 Å². The van der Waals surface area contributed by atoms with Gasteiger partial charge in [0, 0.05) is 0 Å². The second-order valence-corrected chi connectivity index (χ2v) is 5.32. The first-order valence-corrected chi connectivity index (χ1v) is 8.31. The third-order valence-corrected chi connectivity index (χ3v) is 3.36. The van der Waals surface area contributed by atoms with Crippen LogP contribution in [0.4, 0.5) is 0 Å². The van der Waals surface area contributed by atoms with E-state index in [0.717, 1.165) is 5.75 Å². The molecule has 0 aliphatic carbocycles. The van der Waals surface area contributed by atoms with E-state index in [1.54, 1.807) is 43.3 Å². The third kappa shape index (κ3) is 6.02. The van der Waals surface area contributed by atoms with Crippen molar-refractivity contribution in [2.75, 3.05) is 19.8 Å². The van der Waals surface area contributed by atoms with Gasteiger partial charge in [0.2, 0.25) is 0 Å². The fourth-order valence-electron chi connectivity index (χ4n) is 2.08. The average Bonchev–Trinajstić information content (AvgIpc) is 2.67. The molecule has 0 spiro atoms. The summed E-state index contributed by atoms with van der Waals surface area (Å²) >= 11 is 0. The minimum atomic E-state index is -0.756. The van der Waals surface area contributed by atoms with Crippen LogP contribution in [0.15, 0.2) is 48.5 Å². The number of benzene rings is 2. The molecule has 0 fully saturated rings. The summed E-state index contributed by atoms with van der Waals surface area (Å²) in [4.78, 5) is 11.9. The monoisotopic (exact) mass is 355 g/mol. The molecule has 0 saturated carbocycles. The predicted octanol–water partition coefficient (Wildman–Crippen LogP) is 3.35. The van der Waals surface area contributed by atoms with Gasteiger partial charge in [-0.1, -0.05) is 0 Å². The molecular formula is C20H21NO5. The maximum Gasteiger partial charge on any atom is 0.347 e. The van der Waals surface area contributed by atoms with Crippen LogP contribution in [0.2, 0.25) is 0 Å². The fraction of sp³-hybridized carbons (Fsp3) is 0.300. The lowest BCUT2D eigenvalue weighted by Crippen LogP contribution is -2.27. The number of hydrogen-bond donors (Lipinski definition) is 0. The van der Waals surface area contributed by atoms with Crippen LogP contribution in [0.5, 0.6) is 17.2 Å². The molecule has 2 rings (SSSR count). The van der Waals surface area contributed by atoms with Crippen LogP contribution in [0.25, 0.3) is 0 Å². The smallest absolute Gasteiger partial charge is 0.347 e. The van der Waals surface area contributed by atoms with E-state index in [1.807, 2.05) is 25.1 Å². The molecule has 0 aromatic heterocycles. The summed E-state index contributed by atoms with van der Waals surface area (Å²) in [5, 5.41) is 8.76. The molecule has 0 bridgehead atoms. The van der Waals surface area contributed by atoms with Crippen molar-refractivity contribution in [3.63, 3.8) is 0 Å². The highest BCUT2D eigenvalue weighted by Crippen LogP contribution is 2.17. The van der Waals surface area contributed by atoms with Gasteiger partial charge in [-0.05, 0) is 62.4 Å². The minimum Gasteiger partial charge on any atom is -0.494 e. The van der Waals surface area contributed by atoms with Crippen LogP contribution in [-0.2, 0) is 9.53 Å². The highest BCUT2D eigenvalue weighted by atomic mass is 16.6. The summed E-state index contributed by atoms with van der Waals surface area (Å²) in [7, 11) is 0. The molecule has 0 saturated heterocycles. The molecular weight excluding hydrogens is 334 g/mol. The number of esters is 1. The number of nitrogens with zero attached hydrogens (tertiary/aromatic N) is 1. The third-order valence-electron chi connectivity index (χ3n) is 3.36. The van der Waals surface area contributed by atoms with E-state index in [-0.39, 0.29) is 13.2 Å². The number of carbonyl (C=O) groups excluding carboxylic acids is 1. The molecule has 2 aromatic carbocycles. The van der Waals surface area contributed by atoms with E-state index >= 15 is 0 Å². The highest BCUT2D eigenvalue weighted by Gasteiger charge is 2.16. The Hall–Kier alpha value is -3.20. The molecule has 0 unspecified atom stereocenters. The lowest BCUT2D eigenvalue weighted by molar-refractivity contribution is -0.151. The Morgan fingerprint density at radius 3 is 2.12 bits per heavy atom. The summed E-state index contributed by atoms with van der Waals surface area (Å²) in [5.41, 5.74) is 0.527. The standard InChI is InChI=1S/C20H21NO5/c1-3-23-17-8-10-18(11-9-17)24-12-13-25-20(22)15(2)26-19-6-4-16(14-21)5-7-19/h4-11,15H,3,12-13H2,1-2H3/t15-/m1/s1. The summed E-state index contributed by atoms with van der Waals surface area (Å²) in [6, 6.07) is 15.8. The molecule has 0 aliphatic rings. The molecule has 2 aromatic rings. The number of hydrogen-bond acceptors (Lipinski definition) is 6. The highest BCUT2D eigenvalue weighted by molar-refractivity contribution is 5.74. The van der Waals surface area contributed by atoms with E-state index in [2.05, 4.69) is 0 Å². The zero-order chi connectivity index (χ0) is 18.8. The Labute approximate surface area is 152 Å². The molecule has 26 heavy (non-hydrogen) atoms. The Kier molecular flexibility index (Phi) is 7.31. The number of carbonyl (C=O) groups is 1. The van der Waals surface area contributed by atoms with Gasteiger partial charge in [-0.15, -0.1) is 0 Å². The normalized spacial score (nSPS) is 11.1. The van der Waals surface area contributed by atoms with Crippen molar-refractivity contribution >= 4 is 5.97 Å². The maximum atomic E-state index is 11.9. The van der Waals surface area contributed by atoms with Crippen molar-refractivity contribution in [2.24, 2.45) is 0 Å². The first-order chi connectivity index (χ1) is 12.6. The van der Waals surface area contributed by atoms with E-state index in [1.165, 1.54) is 0 Å². The molecule has 6 nitrogen and oxygen atoms in total. The number of ether oxygens (including phenoxy) is 4. The second kappa shape index (κ2) is 9.94. The van der Waals surface area contributed by atoms with Crippen LogP contribution in [0.3, 0.4) is 0 Å². The van der Waals surface area contributed by atoms with Crippen LogP contribution in [0, 0.1) is 11.3 Å².